The molecule has 2 N–H and O–H groups in total. The van der Waals surface area contributed by atoms with Crippen LogP contribution in [0.15, 0.2) is 0 Å². The molecule has 2 amide bonds. The van der Waals surface area contributed by atoms with Crippen molar-refractivity contribution in [2.24, 2.45) is 5.92 Å². The van der Waals surface area contributed by atoms with Gasteiger partial charge >= 0.3 is 12.0 Å². The number of urea groups is 1. The van der Waals surface area contributed by atoms with Crippen molar-refractivity contribution in [1.82, 2.24) is 10.6 Å². The molecule has 0 aromatic carbocycles. The van der Waals surface area contributed by atoms with E-state index in [2.05, 4.69) is 17.6 Å². The Morgan fingerprint density at radius 2 is 1.79 bits per heavy atom. The van der Waals surface area contributed by atoms with E-state index in [0.717, 1.165) is 12.8 Å². The molecular weight excluding hydrogens is 244 g/mol. The zero-order chi connectivity index (χ0) is 15.1. The highest BCUT2D eigenvalue weighted by Gasteiger charge is 2.28. The molecule has 1 atom stereocenters. The molecule has 5 nitrogen and oxygen atoms in total. The minimum absolute atomic E-state index is 0.0215. The van der Waals surface area contributed by atoms with Crippen LogP contribution in [0.1, 0.15) is 54.4 Å². The molecule has 112 valence electrons. The van der Waals surface area contributed by atoms with Gasteiger partial charge in [0.05, 0.1) is 0 Å². The zero-order valence-electron chi connectivity index (χ0n) is 13.0. The highest BCUT2D eigenvalue weighted by molar-refractivity contribution is 5.83. The van der Waals surface area contributed by atoms with Crippen LogP contribution in [0.4, 0.5) is 4.79 Å². The quantitative estimate of drug-likeness (QED) is 0.576. The average Bonchev–Trinajstić information content (AvgIpc) is 2.23. The second-order valence-electron chi connectivity index (χ2n) is 6.01. The maximum atomic E-state index is 12.0. The first-order chi connectivity index (χ1) is 8.67. The molecular formula is C14H28N2O3. The average molecular weight is 272 g/mol. The first-order valence-electron chi connectivity index (χ1n) is 6.94. The van der Waals surface area contributed by atoms with Crippen LogP contribution in [-0.4, -0.2) is 30.2 Å². The standard InChI is InChI=1S/C14H28N2O3/c1-7-8-9-15-13(18)16-11(10(2)3)12(17)19-14(4,5)6/h10-11H,7-9H2,1-6H3,(H2,15,16,18)/t11-/m0/s1. The molecule has 0 aromatic rings. The number of rotatable bonds is 6. The van der Waals surface area contributed by atoms with Crippen molar-refractivity contribution < 1.29 is 14.3 Å². The molecule has 0 aliphatic rings. The third-order valence-electron chi connectivity index (χ3n) is 2.43. The molecule has 0 spiro atoms. The Kier molecular flexibility index (Phi) is 7.49. The highest BCUT2D eigenvalue weighted by atomic mass is 16.6. The third-order valence-corrected chi connectivity index (χ3v) is 2.43. The summed E-state index contributed by atoms with van der Waals surface area (Å²) >= 11 is 0. The van der Waals surface area contributed by atoms with Crippen molar-refractivity contribution in [1.29, 1.82) is 0 Å². The Balaban J connectivity index is 4.41. The zero-order valence-corrected chi connectivity index (χ0v) is 13.0. The van der Waals surface area contributed by atoms with Gasteiger partial charge in [-0.3, -0.25) is 0 Å². The van der Waals surface area contributed by atoms with Gasteiger partial charge < -0.3 is 15.4 Å². The van der Waals surface area contributed by atoms with E-state index in [1.165, 1.54) is 0 Å². The van der Waals surface area contributed by atoms with Crippen LogP contribution in [0.5, 0.6) is 0 Å². The second-order valence-corrected chi connectivity index (χ2v) is 6.01. The van der Waals surface area contributed by atoms with Gasteiger partial charge in [0, 0.05) is 6.54 Å². The topological polar surface area (TPSA) is 67.4 Å². The summed E-state index contributed by atoms with van der Waals surface area (Å²) in [6.07, 6.45) is 1.94. The van der Waals surface area contributed by atoms with Gasteiger partial charge in [0.25, 0.3) is 0 Å². The fourth-order valence-corrected chi connectivity index (χ4v) is 1.43. The van der Waals surface area contributed by atoms with Crippen molar-refractivity contribution in [2.75, 3.05) is 6.54 Å². The lowest BCUT2D eigenvalue weighted by Crippen LogP contribution is -2.50. The molecule has 0 radical (unpaired) electrons. The molecule has 0 fully saturated rings. The van der Waals surface area contributed by atoms with E-state index < -0.39 is 17.6 Å². The van der Waals surface area contributed by atoms with Gasteiger partial charge in [-0.05, 0) is 33.1 Å². The molecule has 0 aromatic heterocycles. The minimum atomic E-state index is -0.624. The lowest BCUT2D eigenvalue weighted by molar-refractivity contribution is -0.158. The molecule has 0 saturated heterocycles. The summed E-state index contributed by atoms with van der Waals surface area (Å²) in [6, 6.07) is -0.945. The molecule has 0 bridgehead atoms. The van der Waals surface area contributed by atoms with Gasteiger partial charge in [-0.2, -0.15) is 0 Å². The van der Waals surface area contributed by atoms with Gasteiger partial charge in [0.15, 0.2) is 0 Å². The number of unbranched alkanes of at least 4 members (excludes halogenated alkanes) is 1. The summed E-state index contributed by atoms with van der Waals surface area (Å²) in [4.78, 5) is 23.7. The number of carbonyl (C=O) groups is 2. The van der Waals surface area contributed by atoms with Crippen molar-refractivity contribution in [3.8, 4) is 0 Å². The fourth-order valence-electron chi connectivity index (χ4n) is 1.43. The van der Waals surface area contributed by atoms with E-state index in [9.17, 15) is 9.59 Å². The Morgan fingerprint density at radius 1 is 1.21 bits per heavy atom. The molecule has 0 aliphatic heterocycles. The number of amides is 2. The molecule has 0 saturated carbocycles. The maximum Gasteiger partial charge on any atom is 0.329 e. The summed E-state index contributed by atoms with van der Waals surface area (Å²) in [5.74, 6) is -0.417. The third kappa shape index (κ3) is 8.46. The maximum absolute atomic E-state index is 12.0. The van der Waals surface area contributed by atoms with E-state index in [-0.39, 0.29) is 11.9 Å². The summed E-state index contributed by atoms with van der Waals surface area (Å²) < 4.78 is 5.31. The van der Waals surface area contributed by atoms with E-state index in [1.54, 1.807) is 0 Å². The summed E-state index contributed by atoms with van der Waals surface area (Å²) in [7, 11) is 0. The van der Waals surface area contributed by atoms with Gasteiger partial charge in [0.2, 0.25) is 0 Å². The lowest BCUT2D eigenvalue weighted by atomic mass is 10.0. The molecule has 0 unspecified atom stereocenters. The molecule has 0 aliphatic carbocycles. The highest BCUT2D eigenvalue weighted by Crippen LogP contribution is 2.12. The molecule has 19 heavy (non-hydrogen) atoms. The summed E-state index contributed by atoms with van der Waals surface area (Å²) in [5, 5.41) is 5.40. The SMILES string of the molecule is CCCCNC(=O)N[C@H](C(=O)OC(C)(C)C)C(C)C. The predicted molar refractivity (Wildman–Crippen MR) is 75.9 cm³/mol. The monoisotopic (exact) mass is 272 g/mol. The Labute approximate surface area is 116 Å². The first-order valence-corrected chi connectivity index (χ1v) is 6.94. The van der Waals surface area contributed by atoms with Crippen LogP contribution in [-0.2, 0) is 9.53 Å². The Hall–Kier alpha value is -1.26. The van der Waals surface area contributed by atoms with Crippen molar-refractivity contribution >= 4 is 12.0 Å². The number of nitrogens with one attached hydrogen (secondary N) is 2. The van der Waals surface area contributed by atoms with Gasteiger partial charge in [-0.1, -0.05) is 27.2 Å². The van der Waals surface area contributed by atoms with Crippen molar-refractivity contribution in [3.05, 3.63) is 0 Å². The van der Waals surface area contributed by atoms with Gasteiger partial charge in [-0.25, -0.2) is 9.59 Å². The van der Waals surface area contributed by atoms with Gasteiger partial charge in [0.1, 0.15) is 11.6 Å². The Bertz CT molecular complexity index is 296. The van der Waals surface area contributed by atoms with Crippen LogP contribution in [0.25, 0.3) is 0 Å². The van der Waals surface area contributed by atoms with E-state index in [4.69, 9.17) is 4.74 Å². The van der Waals surface area contributed by atoms with E-state index in [0.29, 0.717) is 6.54 Å². The predicted octanol–water partition coefficient (Wildman–Crippen LogP) is 2.45. The van der Waals surface area contributed by atoms with Crippen LogP contribution in [0.3, 0.4) is 0 Å². The number of hydrogen-bond acceptors (Lipinski definition) is 3. The number of ether oxygens (including phenoxy) is 1. The van der Waals surface area contributed by atoms with Gasteiger partial charge in [-0.15, -0.1) is 0 Å². The second kappa shape index (κ2) is 8.02. The number of carbonyl (C=O) groups excluding carboxylic acids is 2. The smallest absolute Gasteiger partial charge is 0.329 e. The normalized spacial score (nSPS) is 13.0. The van der Waals surface area contributed by atoms with Crippen molar-refractivity contribution in [2.45, 2.75) is 66.0 Å². The van der Waals surface area contributed by atoms with E-state index >= 15 is 0 Å². The molecule has 0 heterocycles. The van der Waals surface area contributed by atoms with Crippen LogP contribution in [0.2, 0.25) is 0 Å². The number of hydrogen-bond donors (Lipinski definition) is 2. The number of esters is 1. The van der Waals surface area contributed by atoms with Crippen LogP contribution < -0.4 is 10.6 Å². The molecule has 5 heteroatoms. The van der Waals surface area contributed by atoms with Crippen LogP contribution in [0, 0.1) is 5.92 Å². The lowest BCUT2D eigenvalue weighted by Gasteiger charge is -2.26. The van der Waals surface area contributed by atoms with Crippen molar-refractivity contribution in [3.63, 3.8) is 0 Å². The summed E-state index contributed by atoms with van der Waals surface area (Å²) in [5.41, 5.74) is -0.551. The summed E-state index contributed by atoms with van der Waals surface area (Å²) in [6.45, 7) is 11.8. The minimum Gasteiger partial charge on any atom is -0.458 e. The Morgan fingerprint density at radius 3 is 2.21 bits per heavy atom. The largest absolute Gasteiger partial charge is 0.458 e. The van der Waals surface area contributed by atoms with E-state index in [1.807, 2.05) is 34.6 Å². The first kappa shape index (κ1) is 17.7. The molecule has 0 rings (SSSR count). The fraction of sp³-hybridized carbons (Fsp3) is 0.857. The van der Waals surface area contributed by atoms with Crippen LogP contribution >= 0.6 is 0 Å².